The summed E-state index contributed by atoms with van der Waals surface area (Å²) < 4.78 is 27.7. The van der Waals surface area contributed by atoms with E-state index in [-0.39, 0.29) is 0 Å². The molecule has 0 amide bonds. The number of likely N-dealkylation sites (N-methyl/N-ethyl adjacent to an activating group) is 3. The first-order valence-electron chi connectivity index (χ1n) is 29.1. The molecule has 0 saturated heterocycles. The van der Waals surface area contributed by atoms with Crippen molar-refractivity contribution in [3.63, 3.8) is 0 Å². The molecule has 0 fully saturated rings. The lowest BCUT2D eigenvalue weighted by Crippen LogP contribution is -2.38. The molecule has 4 aromatic heterocycles. The van der Waals surface area contributed by atoms with Crippen LogP contribution < -0.4 is 40.3 Å². The first kappa shape index (κ1) is 57.3. The van der Waals surface area contributed by atoms with Crippen molar-refractivity contribution < 1.29 is 32.4 Å². The lowest BCUT2D eigenvalue weighted by atomic mass is 10.0. The molecule has 1 aliphatic heterocycles. The second-order valence-corrected chi connectivity index (χ2v) is 24.7. The van der Waals surface area contributed by atoms with E-state index in [2.05, 4.69) is 236 Å². The van der Waals surface area contributed by atoms with E-state index in [1.54, 1.807) is 0 Å². The van der Waals surface area contributed by atoms with Gasteiger partial charge in [-0.2, -0.15) is 0 Å². The van der Waals surface area contributed by atoms with E-state index in [1.807, 2.05) is 0 Å². The molecular formula is C69H88N7O4+3. The highest BCUT2D eigenvalue weighted by atomic mass is 16.5. The second-order valence-electron chi connectivity index (χ2n) is 24.7. The number of hydrogen-bond donors (Lipinski definition) is 4. The number of nitrogens with zero attached hydrogens (tertiary/aromatic N) is 3. The topological polar surface area (TPSA) is 100 Å². The molecule has 1 aliphatic rings. The molecule has 11 nitrogen and oxygen atoms in total. The molecule has 0 spiro atoms. The van der Waals surface area contributed by atoms with Gasteiger partial charge in [0.1, 0.15) is 62.5 Å². The minimum Gasteiger partial charge on any atom is -0.494 e. The highest BCUT2D eigenvalue weighted by Crippen LogP contribution is 2.31. The molecular weight excluding hydrogens is 991 g/mol. The van der Waals surface area contributed by atoms with E-state index in [4.69, 9.17) is 18.9 Å². The lowest BCUT2D eigenvalue weighted by Gasteiger charge is -2.23. The molecule has 80 heavy (non-hydrogen) atoms. The van der Waals surface area contributed by atoms with E-state index >= 15 is 0 Å². The molecule has 0 unspecified atom stereocenters. The first-order valence-corrected chi connectivity index (χ1v) is 29.1. The fourth-order valence-electron chi connectivity index (χ4n) is 10.2. The molecule has 11 heteroatoms. The van der Waals surface area contributed by atoms with Crippen LogP contribution in [0.5, 0.6) is 23.0 Å². The Morgan fingerprint density at radius 2 is 0.525 bits per heavy atom. The Labute approximate surface area is 475 Å². The van der Waals surface area contributed by atoms with E-state index in [0.717, 1.165) is 151 Å². The van der Waals surface area contributed by atoms with Gasteiger partial charge in [0.2, 0.25) is 0 Å². The van der Waals surface area contributed by atoms with Gasteiger partial charge in [0.15, 0.2) is 0 Å². The van der Waals surface area contributed by atoms with Gasteiger partial charge in [0.25, 0.3) is 0 Å². The summed E-state index contributed by atoms with van der Waals surface area (Å²) in [6.45, 7) is 7.58. The van der Waals surface area contributed by atoms with Crippen molar-refractivity contribution in [3.05, 3.63) is 212 Å². The van der Waals surface area contributed by atoms with Crippen molar-refractivity contribution in [1.82, 2.24) is 19.9 Å². The number of ether oxygens (including phenoxy) is 4. The Morgan fingerprint density at radius 3 is 0.787 bits per heavy atom. The van der Waals surface area contributed by atoms with Gasteiger partial charge in [-0.1, -0.05) is 100 Å². The van der Waals surface area contributed by atoms with Crippen molar-refractivity contribution in [2.24, 2.45) is 0 Å². The van der Waals surface area contributed by atoms with Gasteiger partial charge in [-0.3, -0.25) is 0 Å². The monoisotopic (exact) mass is 1080 g/mol. The van der Waals surface area contributed by atoms with Crippen LogP contribution in [-0.2, 0) is 0 Å². The molecule has 4 N–H and O–H groups in total. The Hall–Kier alpha value is -7.44. The van der Waals surface area contributed by atoms with Crippen molar-refractivity contribution in [1.29, 1.82) is 0 Å². The number of quaternary nitrogens is 3. The van der Waals surface area contributed by atoms with E-state index in [1.165, 1.54) is 44.9 Å². The summed E-state index contributed by atoms with van der Waals surface area (Å²) in [7, 11) is 19.7. The molecule has 420 valence electrons. The van der Waals surface area contributed by atoms with E-state index in [9.17, 15) is 0 Å². The smallest absolute Gasteiger partial charge is 0.137 e. The summed E-state index contributed by atoms with van der Waals surface area (Å²) in [4.78, 5) is 15.8. The Balaban J connectivity index is 1.19. The van der Waals surface area contributed by atoms with Gasteiger partial charge in [0, 0.05) is 66.5 Å². The van der Waals surface area contributed by atoms with Crippen LogP contribution in [0.4, 0.5) is 0 Å². The number of H-pyrrole nitrogens is 4. The van der Waals surface area contributed by atoms with Crippen molar-refractivity contribution in [3.8, 4) is 23.0 Å². The highest BCUT2D eigenvalue weighted by molar-refractivity contribution is 5.85. The largest absolute Gasteiger partial charge is 0.494 e. The molecule has 8 aromatic rings. The zero-order valence-electron chi connectivity index (χ0n) is 49.4. The minimum absolute atomic E-state index is 0.629. The van der Waals surface area contributed by atoms with Crippen LogP contribution in [0.15, 0.2) is 146 Å². The average molecular weight is 1080 g/mol. The fraction of sp³-hybridized carbons (Fsp3) is 0.362. The second kappa shape index (κ2) is 25.8. The van der Waals surface area contributed by atoms with Crippen molar-refractivity contribution in [2.75, 3.05) is 109 Å². The van der Waals surface area contributed by atoms with Crippen LogP contribution in [0.1, 0.15) is 103 Å². The molecule has 5 heterocycles. The zero-order chi connectivity index (χ0) is 56.3. The van der Waals surface area contributed by atoms with Crippen LogP contribution in [0, 0.1) is 0 Å². The Kier molecular flexibility index (Phi) is 18.4. The third kappa shape index (κ3) is 15.5. The molecule has 0 atom stereocenters. The van der Waals surface area contributed by atoms with Crippen molar-refractivity contribution in [2.45, 2.75) is 58.3 Å². The van der Waals surface area contributed by atoms with Gasteiger partial charge in [0.05, 0.1) is 70.0 Å². The zero-order valence-corrected chi connectivity index (χ0v) is 49.4. The SMILES string of the molecule is CCCCCCCCCCOc1ccc(C2=c3ccc([nH]3)=C(c3ccc(OCC[N+](C)(C)C)cc3)c3ccc([nH]3)C(c3ccc(OCC[N+](C)(C)C)cc3)=c3ccc([nH]3)=C(c3ccc(OCC[N+](C)(C)C)cc3)c3ccc2[nH]3)cc1. The number of aromatic amines is 4. The predicted octanol–water partition coefficient (Wildman–Crippen LogP) is 10.1. The maximum Gasteiger partial charge on any atom is 0.137 e. The molecule has 9 rings (SSSR count). The number of nitrogens with one attached hydrogen (secondary N) is 4. The summed E-state index contributed by atoms with van der Waals surface area (Å²) in [6, 6.07) is 51.8. The summed E-state index contributed by atoms with van der Waals surface area (Å²) in [5, 5.41) is 3.90. The third-order valence-corrected chi connectivity index (χ3v) is 14.8. The van der Waals surface area contributed by atoms with Crippen LogP contribution in [0.2, 0.25) is 0 Å². The number of rotatable bonds is 26. The van der Waals surface area contributed by atoms with Gasteiger partial charge in [-0.15, -0.1) is 0 Å². The van der Waals surface area contributed by atoms with Crippen molar-refractivity contribution >= 4 is 22.3 Å². The van der Waals surface area contributed by atoms with Gasteiger partial charge >= 0.3 is 0 Å². The van der Waals surface area contributed by atoms with Crippen LogP contribution in [0.3, 0.4) is 0 Å². The summed E-state index contributed by atoms with van der Waals surface area (Å²) >= 11 is 0. The standard InChI is InChI=1S/C69H88N7O4/c1-11-12-13-14-15-16-17-18-46-77-54-27-19-50(20-28-54)66-58-35-37-60(70-58)67(51-21-29-55(30-22-51)78-47-43-74(2,3)4)62-39-41-64(72-62)69(53-25-33-57(34-26-53)80-49-45-76(8,9)10)65-42-40-63(73-65)68(61-38-36-59(66)71-61)52-23-31-56(32-24-52)79-48-44-75(5,6)7/h19-42,70-73H,11-18,43-49H2,1-10H3/q+3. The van der Waals surface area contributed by atoms with Crippen LogP contribution in [0.25, 0.3) is 22.3 Å². The summed E-state index contributed by atoms with van der Waals surface area (Å²) in [5.74, 6) is 3.42. The van der Waals surface area contributed by atoms with E-state index < -0.39 is 0 Å². The minimum atomic E-state index is 0.629. The maximum atomic E-state index is 6.35. The number of fused-ring (bicyclic) bond motifs is 8. The van der Waals surface area contributed by atoms with Gasteiger partial charge in [-0.05, 0) is 126 Å². The quantitative estimate of drug-likeness (QED) is 0.0321. The van der Waals surface area contributed by atoms with Gasteiger partial charge < -0.3 is 52.3 Å². The van der Waals surface area contributed by atoms with E-state index in [0.29, 0.717) is 26.4 Å². The number of aromatic nitrogens is 4. The number of unbranched alkanes of at least 4 members (excludes halogenated alkanes) is 7. The summed E-state index contributed by atoms with van der Waals surface area (Å²) in [5.41, 5.74) is 12.3. The maximum absolute atomic E-state index is 6.35. The molecule has 0 radical (unpaired) electrons. The normalized spacial score (nSPS) is 13.0. The molecule has 8 bridgehead atoms. The first-order chi connectivity index (χ1) is 38.5. The molecule has 0 saturated carbocycles. The Morgan fingerprint density at radius 1 is 0.275 bits per heavy atom. The van der Waals surface area contributed by atoms with Crippen LogP contribution in [-0.4, -0.2) is 143 Å². The highest BCUT2D eigenvalue weighted by Gasteiger charge is 2.20. The average Bonchev–Trinajstić information content (AvgIpc) is 4.31. The number of benzene rings is 4. The Bertz CT molecular complexity index is 3520. The fourth-order valence-corrected chi connectivity index (χ4v) is 10.2. The third-order valence-electron chi connectivity index (χ3n) is 14.8. The molecule has 4 aromatic carbocycles. The van der Waals surface area contributed by atoms with Crippen LogP contribution >= 0.6 is 0 Å². The summed E-state index contributed by atoms with van der Waals surface area (Å²) in [6.07, 6.45) is 10.1. The van der Waals surface area contributed by atoms with Gasteiger partial charge in [-0.25, -0.2) is 0 Å². The predicted molar refractivity (Wildman–Crippen MR) is 327 cm³/mol. The molecule has 0 aliphatic carbocycles. The lowest BCUT2D eigenvalue weighted by molar-refractivity contribution is -0.870. The number of hydrogen-bond acceptors (Lipinski definition) is 4.